The summed E-state index contributed by atoms with van der Waals surface area (Å²) in [6, 6.07) is -0.539. The van der Waals surface area contributed by atoms with Crippen molar-refractivity contribution in [2.45, 2.75) is 411 Å². The molecule has 0 fully saturated rings. The molecule has 0 bridgehead atoms. The van der Waals surface area contributed by atoms with Crippen molar-refractivity contribution in [2.75, 3.05) is 13.2 Å². The van der Waals surface area contributed by atoms with Gasteiger partial charge >= 0.3 is 5.97 Å². The number of aliphatic hydroxyl groups is 2. The lowest BCUT2D eigenvalue weighted by molar-refractivity contribution is -0.143. The quantitative estimate of drug-likeness (QED) is 0.0417. The average Bonchev–Trinajstić information content (AvgIpc) is 3.40. The molecule has 6 heteroatoms. The van der Waals surface area contributed by atoms with E-state index in [9.17, 15) is 19.8 Å². The van der Waals surface area contributed by atoms with Crippen LogP contribution in [0.25, 0.3) is 0 Å². The fraction of sp³-hybridized carbons (Fsp3) is 0.971. The van der Waals surface area contributed by atoms with Crippen LogP contribution in [0.5, 0.6) is 0 Å². The molecule has 0 aromatic heterocycles. The second-order valence-electron chi connectivity index (χ2n) is 23.9. The number of amides is 1. The predicted octanol–water partition coefficient (Wildman–Crippen LogP) is 21.8. The molecule has 1 amide bonds. The standard InChI is InChI=1S/C68H135NO5/c1-3-5-7-9-11-13-15-17-19-20-30-34-38-42-46-50-54-58-62-68(73)74-63-59-55-51-47-43-39-35-31-28-26-24-22-21-23-25-27-29-33-37-41-45-49-53-57-61-67(72)69-65(64-70)66(71)60-56-52-48-44-40-36-32-18-16-14-12-10-8-6-4-2/h65-66,70-71H,3-64H2,1-2H3,(H,69,72). The van der Waals surface area contributed by atoms with Gasteiger partial charge in [-0.25, -0.2) is 0 Å². The van der Waals surface area contributed by atoms with Crippen LogP contribution in [0.4, 0.5) is 0 Å². The maximum absolute atomic E-state index is 12.5. The molecule has 442 valence electrons. The second kappa shape index (κ2) is 64.4. The molecule has 0 spiro atoms. The minimum Gasteiger partial charge on any atom is -0.466 e. The molecule has 3 N–H and O–H groups in total. The van der Waals surface area contributed by atoms with E-state index in [0.29, 0.717) is 25.9 Å². The second-order valence-corrected chi connectivity index (χ2v) is 23.9. The van der Waals surface area contributed by atoms with Crippen LogP contribution in [0, 0.1) is 0 Å². The van der Waals surface area contributed by atoms with Gasteiger partial charge in [0, 0.05) is 12.8 Å². The van der Waals surface area contributed by atoms with Gasteiger partial charge in [-0.15, -0.1) is 0 Å². The van der Waals surface area contributed by atoms with Gasteiger partial charge in [0.15, 0.2) is 0 Å². The molecular weight excluding hydrogens is 911 g/mol. The number of hydrogen-bond donors (Lipinski definition) is 3. The molecule has 0 aromatic rings. The van der Waals surface area contributed by atoms with Gasteiger partial charge < -0.3 is 20.3 Å². The van der Waals surface area contributed by atoms with E-state index in [0.717, 1.165) is 38.5 Å². The van der Waals surface area contributed by atoms with Gasteiger partial charge in [0.25, 0.3) is 0 Å². The highest BCUT2D eigenvalue weighted by atomic mass is 16.5. The topological polar surface area (TPSA) is 95.9 Å². The smallest absolute Gasteiger partial charge is 0.305 e. The number of unbranched alkanes of at least 4 members (excludes halogenated alkanes) is 54. The lowest BCUT2D eigenvalue weighted by Crippen LogP contribution is -2.45. The van der Waals surface area contributed by atoms with Gasteiger partial charge in [-0.3, -0.25) is 9.59 Å². The Morgan fingerprint density at radius 1 is 0.324 bits per heavy atom. The summed E-state index contributed by atoms with van der Waals surface area (Å²) in [7, 11) is 0. The van der Waals surface area contributed by atoms with Crippen LogP contribution < -0.4 is 5.32 Å². The number of hydrogen-bond acceptors (Lipinski definition) is 5. The average molecular weight is 1050 g/mol. The highest BCUT2D eigenvalue weighted by molar-refractivity contribution is 5.76. The van der Waals surface area contributed by atoms with Crippen molar-refractivity contribution in [2.24, 2.45) is 0 Å². The van der Waals surface area contributed by atoms with Crippen molar-refractivity contribution < 1.29 is 24.5 Å². The van der Waals surface area contributed by atoms with Gasteiger partial charge in [0.1, 0.15) is 0 Å². The highest BCUT2D eigenvalue weighted by Crippen LogP contribution is 2.19. The molecule has 0 rings (SSSR count). The molecule has 0 radical (unpaired) electrons. The summed E-state index contributed by atoms with van der Waals surface area (Å²) in [6.45, 7) is 5.00. The summed E-state index contributed by atoms with van der Waals surface area (Å²) >= 11 is 0. The van der Waals surface area contributed by atoms with E-state index >= 15 is 0 Å². The van der Waals surface area contributed by atoms with Crippen molar-refractivity contribution in [3.63, 3.8) is 0 Å². The molecule has 0 saturated heterocycles. The number of rotatable bonds is 65. The van der Waals surface area contributed by atoms with Crippen LogP contribution in [-0.2, 0) is 14.3 Å². The van der Waals surface area contributed by atoms with Crippen molar-refractivity contribution in [1.82, 2.24) is 5.32 Å². The highest BCUT2D eigenvalue weighted by Gasteiger charge is 2.20. The van der Waals surface area contributed by atoms with Gasteiger partial charge in [0.2, 0.25) is 5.91 Å². The zero-order chi connectivity index (χ0) is 53.6. The zero-order valence-electron chi connectivity index (χ0n) is 50.6. The van der Waals surface area contributed by atoms with Crippen molar-refractivity contribution >= 4 is 11.9 Å². The maximum atomic E-state index is 12.5. The number of nitrogens with one attached hydrogen (secondary N) is 1. The molecule has 0 aromatic carbocycles. The minimum absolute atomic E-state index is 0.0212. The Kier molecular flexibility index (Phi) is 63.4. The molecule has 0 aliphatic carbocycles. The van der Waals surface area contributed by atoms with Crippen LogP contribution in [-0.4, -0.2) is 47.4 Å². The number of ether oxygens (including phenoxy) is 1. The summed E-state index contributed by atoms with van der Waals surface area (Å²) in [5, 5.41) is 23.3. The fourth-order valence-electron chi connectivity index (χ4n) is 11.2. The van der Waals surface area contributed by atoms with Crippen molar-refractivity contribution in [3.8, 4) is 0 Å². The first-order chi connectivity index (χ1) is 36.5. The third kappa shape index (κ3) is 60.1. The first-order valence-corrected chi connectivity index (χ1v) is 34.3. The maximum Gasteiger partial charge on any atom is 0.305 e. The van der Waals surface area contributed by atoms with Gasteiger partial charge in [-0.1, -0.05) is 361 Å². The summed E-state index contributed by atoms with van der Waals surface area (Å²) < 4.78 is 5.51. The van der Waals surface area contributed by atoms with Crippen molar-refractivity contribution in [3.05, 3.63) is 0 Å². The molecule has 74 heavy (non-hydrogen) atoms. The molecule has 0 saturated carbocycles. The van der Waals surface area contributed by atoms with Gasteiger partial charge in [-0.05, 0) is 25.7 Å². The first kappa shape index (κ1) is 72.9. The van der Waals surface area contributed by atoms with E-state index in [2.05, 4.69) is 19.2 Å². The molecule has 0 aliphatic heterocycles. The third-order valence-electron chi connectivity index (χ3n) is 16.4. The van der Waals surface area contributed by atoms with Gasteiger partial charge in [-0.2, -0.15) is 0 Å². The SMILES string of the molecule is CCCCCCCCCCCCCCCCCCCCC(=O)OCCCCCCCCCCCCCCCCCCCCCCCCCCC(=O)NC(CO)C(O)CCCCCCCCCCCCCCCCC. The van der Waals surface area contributed by atoms with Crippen LogP contribution >= 0.6 is 0 Å². The predicted molar refractivity (Wildman–Crippen MR) is 324 cm³/mol. The zero-order valence-corrected chi connectivity index (χ0v) is 50.6. The Labute approximate surface area is 464 Å². The summed E-state index contributed by atoms with van der Waals surface area (Å²) in [6.07, 6.45) is 77.1. The largest absolute Gasteiger partial charge is 0.466 e. The Bertz CT molecular complexity index is 1070. The van der Waals surface area contributed by atoms with E-state index in [4.69, 9.17) is 4.74 Å². The van der Waals surface area contributed by atoms with Crippen LogP contribution in [0.2, 0.25) is 0 Å². The lowest BCUT2D eigenvalue weighted by Gasteiger charge is -2.22. The van der Waals surface area contributed by atoms with E-state index in [-0.39, 0.29) is 18.5 Å². The first-order valence-electron chi connectivity index (χ1n) is 34.3. The molecule has 0 aliphatic rings. The molecule has 2 unspecified atom stereocenters. The number of carbonyl (C=O) groups excluding carboxylic acids is 2. The van der Waals surface area contributed by atoms with Crippen LogP contribution in [0.3, 0.4) is 0 Å². The normalized spacial score (nSPS) is 12.4. The van der Waals surface area contributed by atoms with E-state index in [1.54, 1.807) is 0 Å². The number of aliphatic hydroxyl groups excluding tert-OH is 2. The molecule has 0 heterocycles. The monoisotopic (exact) mass is 1050 g/mol. The summed E-state index contributed by atoms with van der Waals surface area (Å²) in [5.74, 6) is -0.00898. The third-order valence-corrected chi connectivity index (χ3v) is 16.4. The summed E-state index contributed by atoms with van der Waals surface area (Å²) in [5.41, 5.74) is 0. The summed E-state index contributed by atoms with van der Waals surface area (Å²) in [4.78, 5) is 24.6. The number of esters is 1. The molecule has 2 atom stereocenters. The van der Waals surface area contributed by atoms with E-state index in [1.165, 1.54) is 327 Å². The van der Waals surface area contributed by atoms with E-state index in [1.807, 2.05) is 0 Å². The van der Waals surface area contributed by atoms with Crippen LogP contribution in [0.15, 0.2) is 0 Å². The number of carbonyl (C=O) groups is 2. The molecule has 6 nitrogen and oxygen atoms in total. The Balaban J connectivity index is 3.33. The van der Waals surface area contributed by atoms with Crippen molar-refractivity contribution in [1.29, 1.82) is 0 Å². The van der Waals surface area contributed by atoms with E-state index < -0.39 is 12.1 Å². The van der Waals surface area contributed by atoms with Gasteiger partial charge in [0.05, 0.1) is 25.4 Å². The van der Waals surface area contributed by atoms with Crippen LogP contribution in [0.1, 0.15) is 399 Å². The Morgan fingerprint density at radius 2 is 0.554 bits per heavy atom. The minimum atomic E-state index is -0.662. The lowest BCUT2D eigenvalue weighted by atomic mass is 10.0. The molecular formula is C68H135NO5. The fourth-order valence-corrected chi connectivity index (χ4v) is 11.2. The Morgan fingerprint density at radius 3 is 0.824 bits per heavy atom. The Hall–Kier alpha value is -1.14.